The van der Waals surface area contributed by atoms with Gasteiger partial charge in [0.1, 0.15) is 5.82 Å². The Labute approximate surface area is 122 Å². The maximum absolute atomic E-state index is 12.3. The zero-order valence-corrected chi connectivity index (χ0v) is 12.4. The van der Waals surface area contributed by atoms with E-state index in [4.69, 9.17) is 11.6 Å². The molecule has 0 aliphatic heterocycles. The van der Waals surface area contributed by atoms with Crippen LogP contribution in [0.2, 0.25) is 0 Å². The second-order valence-corrected chi connectivity index (χ2v) is 7.09. The minimum atomic E-state index is -3.65. The quantitative estimate of drug-likeness (QED) is 0.850. The fourth-order valence-electron chi connectivity index (χ4n) is 2.45. The van der Waals surface area contributed by atoms with Crippen molar-refractivity contribution in [1.29, 1.82) is 0 Å². The Morgan fingerprint density at radius 1 is 1.40 bits per heavy atom. The number of rotatable bonds is 3. The summed E-state index contributed by atoms with van der Waals surface area (Å²) in [5, 5.41) is -0.227. The first-order valence-electron chi connectivity index (χ1n) is 6.23. The number of imidazole rings is 1. The van der Waals surface area contributed by atoms with Gasteiger partial charge >= 0.3 is 0 Å². The predicted octanol–water partition coefficient (Wildman–Crippen LogP) is 1.90. The molecule has 0 fully saturated rings. The van der Waals surface area contributed by atoms with E-state index in [1.54, 1.807) is 6.92 Å². The van der Waals surface area contributed by atoms with E-state index < -0.39 is 16.1 Å². The zero-order chi connectivity index (χ0) is 14.3. The summed E-state index contributed by atoms with van der Waals surface area (Å²) in [5.74, 6) is 0.555. The van der Waals surface area contributed by atoms with Crippen molar-refractivity contribution in [3.8, 4) is 0 Å². The van der Waals surface area contributed by atoms with Crippen LogP contribution in [0.5, 0.6) is 0 Å². The lowest BCUT2D eigenvalue weighted by atomic mass is 10.1. The minimum Gasteiger partial charge on any atom is -0.332 e. The molecule has 0 saturated heterocycles. The standard InChI is InChI=1S/C13H14ClN3O2S/c1-8-15-7-12(16-8)20(18,19)17-13-10-5-3-2-4-9(10)6-11(13)14/h2-5,7,11,13,17H,6H2,1H3,(H,15,16). The van der Waals surface area contributed by atoms with Crippen LogP contribution in [-0.4, -0.2) is 23.8 Å². The third-order valence-electron chi connectivity index (χ3n) is 3.42. The number of sulfonamides is 1. The van der Waals surface area contributed by atoms with Gasteiger partial charge in [-0.2, -0.15) is 0 Å². The third kappa shape index (κ3) is 2.34. The molecule has 0 bridgehead atoms. The number of hydrogen-bond acceptors (Lipinski definition) is 3. The van der Waals surface area contributed by atoms with Crippen LogP contribution < -0.4 is 4.72 Å². The van der Waals surface area contributed by atoms with Crippen molar-refractivity contribution >= 4 is 21.6 Å². The molecule has 1 aliphatic rings. The van der Waals surface area contributed by atoms with Crippen molar-refractivity contribution in [1.82, 2.24) is 14.7 Å². The molecule has 2 aromatic rings. The van der Waals surface area contributed by atoms with Crippen LogP contribution in [0.1, 0.15) is 23.0 Å². The molecule has 7 heteroatoms. The maximum Gasteiger partial charge on any atom is 0.258 e. The molecular formula is C13H14ClN3O2S. The number of aromatic amines is 1. The Hall–Kier alpha value is -1.37. The summed E-state index contributed by atoms with van der Waals surface area (Å²) in [6, 6.07) is 7.27. The molecule has 2 atom stereocenters. The van der Waals surface area contributed by atoms with Crippen molar-refractivity contribution in [2.75, 3.05) is 0 Å². The zero-order valence-electron chi connectivity index (χ0n) is 10.8. The summed E-state index contributed by atoms with van der Waals surface area (Å²) >= 11 is 6.29. The molecule has 2 N–H and O–H groups in total. The van der Waals surface area contributed by atoms with Crippen molar-refractivity contribution in [2.24, 2.45) is 0 Å². The smallest absolute Gasteiger partial charge is 0.258 e. The molecule has 0 spiro atoms. The van der Waals surface area contributed by atoms with Crippen LogP contribution in [0.15, 0.2) is 35.5 Å². The van der Waals surface area contributed by atoms with Gasteiger partial charge in [-0.3, -0.25) is 0 Å². The van der Waals surface area contributed by atoms with Gasteiger partial charge < -0.3 is 4.98 Å². The highest BCUT2D eigenvalue weighted by atomic mass is 35.5. The molecule has 106 valence electrons. The summed E-state index contributed by atoms with van der Waals surface area (Å²) in [6.07, 6.45) is 1.97. The lowest BCUT2D eigenvalue weighted by Crippen LogP contribution is -2.32. The number of benzene rings is 1. The van der Waals surface area contributed by atoms with Gasteiger partial charge in [0.2, 0.25) is 0 Å². The van der Waals surface area contributed by atoms with Crippen molar-refractivity contribution in [2.45, 2.75) is 29.8 Å². The van der Waals surface area contributed by atoms with Gasteiger partial charge in [0.05, 0.1) is 17.6 Å². The number of aromatic nitrogens is 2. The van der Waals surface area contributed by atoms with Gasteiger partial charge in [-0.15, -0.1) is 11.6 Å². The normalized spacial score (nSPS) is 21.9. The van der Waals surface area contributed by atoms with Gasteiger partial charge in [-0.05, 0) is 24.5 Å². The number of alkyl halides is 1. The van der Waals surface area contributed by atoms with Crippen LogP contribution in [-0.2, 0) is 16.4 Å². The summed E-state index contributed by atoms with van der Waals surface area (Å²) in [6.45, 7) is 1.70. The van der Waals surface area contributed by atoms with E-state index in [0.29, 0.717) is 12.2 Å². The summed E-state index contributed by atoms with van der Waals surface area (Å²) in [5.41, 5.74) is 2.02. The van der Waals surface area contributed by atoms with Crippen molar-refractivity contribution < 1.29 is 8.42 Å². The highest BCUT2D eigenvalue weighted by molar-refractivity contribution is 7.89. The number of H-pyrrole nitrogens is 1. The van der Waals surface area contributed by atoms with Gasteiger partial charge in [0, 0.05) is 0 Å². The van der Waals surface area contributed by atoms with Crippen LogP contribution in [0.3, 0.4) is 0 Å². The van der Waals surface area contributed by atoms with Crippen LogP contribution in [0.25, 0.3) is 0 Å². The SMILES string of the molecule is Cc1ncc(S(=O)(=O)NC2c3ccccc3CC2Cl)[nH]1. The topological polar surface area (TPSA) is 74.8 Å². The van der Waals surface area contributed by atoms with E-state index in [1.807, 2.05) is 24.3 Å². The van der Waals surface area contributed by atoms with Gasteiger partial charge in [-0.1, -0.05) is 24.3 Å². The van der Waals surface area contributed by atoms with E-state index >= 15 is 0 Å². The van der Waals surface area contributed by atoms with Gasteiger partial charge in [0.15, 0.2) is 5.03 Å². The van der Waals surface area contributed by atoms with Crippen LogP contribution >= 0.6 is 11.6 Å². The number of nitrogens with one attached hydrogen (secondary N) is 2. The first kappa shape index (κ1) is 13.6. The molecule has 1 aromatic heterocycles. The molecule has 20 heavy (non-hydrogen) atoms. The van der Waals surface area contributed by atoms with Crippen LogP contribution in [0.4, 0.5) is 0 Å². The number of fused-ring (bicyclic) bond motifs is 1. The van der Waals surface area contributed by atoms with Crippen molar-refractivity contribution in [3.63, 3.8) is 0 Å². The predicted molar refractivity (Wildman–Crippen MR) is 76.2 cm³/mol. The summed E-state index contributed by atoms with van der Waals surface area (Å²) in [4.78, 5) is 6.64. The van der Waals surface area contributed by atoms with E-state index in [9.17, 15) is 8.42 Å². The molecule has 3 rings (SSSR count). The number of hydrogen-bond donors (Lipinski definition) is 2. The van der Waals surface area contributed by atoms with Crippen molar-refractivity contribution in [3.05, 3.63) is 47.4 Å². The molecule has 0 saturated carbocycles. The van der Waals surface area contributed by atoms with Gasteiger partial charge in [-0.25, -0.2) is 18.1 Å². The van der Waals surface area contributed by atoms with E-state index in [1.165, 1.54) is 6.20 Å². The Morgan fingerprint density at radius 2 is 2.15 bits per heavy atom. The summed E-state index contributed by atoms with van der Waals surface area (Å²) < 4.78 is 27.3. The fraction of sp³-hybridized carbons (Fsp3) is 0.308. The second-order valence-electron chi connectivity index (χ2n) is 4.85. The summed E-state index contributed by atoms with van der Waals surface area (Å²) in [7, 11) is -3.65. The monoisotopic (exact) mass is 311 g/mol. The molecule has 0 amide bonds. The minimum absolute atomic E-state index is 0.0586. The molecular weight excluding hydrogens is 298 g/mol. The number of aryl methyl sites for hydroxylation is 1. The second kappa shape index (κ2) is 4.87. The lowest BCUT2D eigenvalue weighted by molar-refractivity contribution is 0.553. The van der Waals surface area contributed by atoms with E-state index in [2.05, 4.69) is 14.7 Å². The number of nitrogens with zero attached hydrogens (tertiary/aromatic N) is 1. The van der Waals surface area contributed by atoms with Crippen LogP contribution in [0, 0.1) is 6.92 Å². The average molecular weight is 312 g/mol. The molecule has 0 radical (unpaired) electrons. The first-order valence-corrected chi connectivity index (χ1v) is 8.15. The van der Waals surface area contributed by atoms with Gasteiger partial charge in [0.25, 0.3) is 10.0 Å². The Balaban J connectivity index is 1.92. The van der Waals surface area contributed by atoms with E-state index in [0.717, 1.165) is 11.1 Å². The highest BCUT2D eigenvalue weighted by Crippen LogP contribution is 2.35. The number of halogens is 1. The molecule has 1 heterocycles. The van der Waals surface area contributed by atoms with E-state index in [-0.39, 0.29) is 10.4 Å². The molecule has 1 aromatic carbocycles. The molecule has 2 unspecified atom stereocenters. The highest BCUT2D eigenvalue weighted by Gasteiger charge is 2.34. The largest absolute Gasteiger partial charge is 0.332 e. The fourth-order valence-corrected chi connectivity index (χ4v) is 4.11. The maximum atomic E-state index is 12.3. The molecule has 1 aliphatic carbocycles. The molecule has 5 nitrogen and oxygen atoms in total. The Kier molecular flexibility index (Phi) is 3.32. The third-order valence-corrected chi connectivity index (χ3v) is 5.17. The lowest BCUT2D eigenvalue weighted by Gasteiger charge is -2.16. The average Bonchev–Trinajstić information content (AvgIpc) is 2.95. The Morgan fingerprint density at radius 3 is 2.85 bits per heavy atom. The Bertz CT molecular complexity index is 742. The first-order chi connectivity index (χ1) is 9.47.